The molecule has 2 N–H and O–H groups in total. The molecule has 0 radical (unpaired) electrons. The Kier molecular flexibility index (Phi) is 5.83. The molecule has 5 heteroatoms. The fraction of sp³-hybridized carbons (Fsp3) is 0.304. The van der Waals surface area contributed by atoms with Crippen molar-refractivity contribution in [2.24, 2.45) is 0 Å². The number of carbonyl (C=O) groups is 1. The van der Waals surface area contributed by atoms with Crippen molar-refractivity contribution in [2.45, 2.75) is 46.6 Å². The third-order valence-electron chi connectivity index (χ3n) is 5.00. The molecule has 1 aromatic heterocycles. The van der Waals surface area contributed by atoms with Crippen LogP contribution in [0.5, 0.6) is 5.75 Å². The van der Waals surface area contributed by atoms with E-state index >= 15 is 0 Å². The van der Waals surface area contributed by atoms with E-state index in [0.29, 0.717) is 23.1 Å². The van der Waals surface area contributed by atoms with Crippen LogP contribution in [0.25, 0.3) is 10.9 Å². The van der Waals surface area contributed by atoms with Gasteiger partial charge in [0.1, 0.15) is 11.3 Å². The first kappa shape index (κ1) is 19.7. The van der Waals surface area contributed by atoms with Crippen molar-refractivity contribution in [2.75, 3.05) is 5.32 Å². The minimum atomic E-state index is -0.591. The van der Waals surface area contributed by atoms with Crippen molar-refractivity contribution in [3.05, 3.63) is 69.5 Å². The molecular weight excluding hydrogens is 352 g/mol. The average Bonchev–Trinajstić information content (AvgIpc) is 2.67. The number of unbranched alkanes of at least 4 members (excludes halogenated alkanes) is 2. The molecule has 2 aromatic carbocycles. The third-order valence-corrected chi connectivity index (χ3v) is 5.00. The lowest BCUT2D eigenvalue weighted by molar-refractivity contribution is 0.102. The lowest BCUT2D eigenvalue weighted by Gasteiger charge is -2.15. The van der Waals surface area contributed by atoms with Crippen LogP contribution in [0.4, 0.5) is 5.69 Å². The number of nitrogens with one attached hydrogen (secondary N) is 1. The molecule has 0 saturated heterocycles. The second kappa shape index (κ2) is 8.30. The number of fused-ring (bicyclic) bond motifs is 1. The summed E-state index contributed by atoms with van der Waals surface area (Å²) >= 11 is 0. The first-order chi connectivity index (χ1) is 13.4. The molecule has 5 nitrogen and oxygen atoms in total. The zero-order valence-corrected chi connectivity index (χ0v) is 16.6. The van der Waals surface area contributed by atoms with E-state index < -0.39 is 11.5 Å². The summed E-state index contributed by atoms with van der Waals surface area (Å²) < 4.78 is 1.60. The van der Waals surface area contributed by atoms with E-state index in [1.165, 1.54) is 0 Å². The molecule has 0 aliphatic rings. The highest BCUT2D eigenvalue weighted by Gasteiger charge is 2.22. The summed E-state index contributed by atoms with van der Waals surface area (Å²) in [4.78, 5) is 26.1. The second-order valence-electron chi connectivity index (χ2n) is 7.18. The molecule has 0 aliphatic heterocycles. The average molecular weight is 378 g/mol. The van der Waals surface area contributed by atoms with Gasteiger partial charge in [0.25, 0.3) is 11.5 Å². The fourth-order valence-corrected chi connectivity index (χ4v) is 3.39. The number of aryl methyl sites for hydroxylation is 3. The van der Waals surface area contributed by atoms with Gasteiger partial charge < -0.3 is 15.0 Å². The number of pyridine rings is 1. The van der Waals surface area contributed by atoms with Gasteiger partial charge in [0.15, 0.2) is 0 Å². The monoisotopic (exact) mass is 378 g/mol. The van der Waals surface area contributed by atoms with E-state index in [9.17, 15) is 14.7 Å². The Morgan fingerprint density at radius 3 is 2.61 bits per heavy atom. The summed E-state index contributed by atoms with van der Waals surface area (Å²) in [6, 6.07) is 12.9. The van der Waals surface area contributed by atoms with E-state index in [0.717, 1.165) is 30.4 Å². The topological polar surface area (TPSA) is 71.3 Å². The Bertz CT molecular complexity index is 1080. The summed E-state index contributed by atoms with van der Waals surface area (Å²) in [5.41, 5.74) is 2.49. The summed E-state index contributed by atoms with van der Waals surface area (Å²) in [5.74, 6) is -0.860. The van der Waals surface area contributed by atoms with Gasteiger partial charge in [0, 0.05) is 17.6 Å². The summed E-state index contributed by atoms with van der Waals surface area (Å²) in [7, 11) is 0. The minimum absolute atomic E-state index is 0.212. The van der Waals surface area contributed by atoms with Gasteiger partial charge >= 0.3 is 0 Å². The van der Waals surface area contributed by atoms with Crippen molar-refractivity contribution in [1.29, 1.82) is 0 Å². The van der Waals surface area contributed by atoms with E-state index in [4.69, 9.17) is 0 Å². The Morgan fingerprint density at radius 1 is 1.11 bits per heavy atom. The number of aromatic nitrogens is 1. The molecule has 1 heterocycles. The molecular formula is C23H26N2O3. The van der Waals surface area contributed by atoms with Crippen molar-refractivity contribution in [3.8, 4) is 5.75 Å². The number of rotatable bonds is 6. The molecule has 3 aromatic rings. The van der Waals surface area contributed by atoms with Crippen LogP contribution in [0.2, 0.25) is 0 Å². The summed E-state index contributed by atoms with van der Waals surface area (Å²) in [6.07, 6.45) is 2.86. The Morgan fingerprint density at radius 2 is 1.86 bits per heavy atom. The molecule has 0 atom stereocenters. The van der Waals surface area contributed by atoms with Crippen LogP contribution in [0.1, 0.15) is 47.7 Å². The van der Waals surface area contributed by atoms with Gasteiger partial charge in [-0.25, -0.2) is 0 Å². The lowest BCUT2D eigenvalue weighted by Crippen LogP contribution is -2.30. The number of hydrogen-bond donors (Lipinski definition) is 2. The molecule has 146 valence electrons. The van der Waals surface area contributed by atoms with Crippen molar-refractivity contribution < 1.29 is 9.90 Å². The molecule has 0 fully saturated rings. The number of hydrogen-bond acceptors (Lipinski definition) is 3. The van der Waals surface area contributed by atoms with Crippen molar-refractivity contribution in [1.82, 2.24) is 4.57 Å². The molecule has 0 unspecified atom stereocenters. The number of aromatic hydroxyl groups is 1. The molecule has 28 heavy (non-hydrogen) atoms. The highest BCUT2D eigenvalue weighted by atomic mass is 16.3. The van der Waals surface area contributed by atoms with Gasteiger partial charge in [-0.15, -0.1) is 0 Å². The maximum atomic E-state index is 13.1. The van der Waals surface area contributed by atoms with Crippen LogP contribution in [0.15, 0.2) is 47.3 Å². The van der Waals surface area contributed by atoms with Crippen LogP contribution >= 0.6 is 0 Å². The second-order valence-corrected chi connectivity index (χ2v) is 7.18. The Balaban J connectivity index is 2.10. The Hall–Kier alpha value is -3.08. The first-order valence-corrected chi connectivity index (χ1v) is 9.67. The van der Waals surface area contributed by atoms with Gasteiger partial charge in [-0.1, -0.05) is 44.0 Å². The largest absolute Gasteiger partial charge is 0.506 e. The molecule has 0 saturated carbocycles. The number of para-hydroxylation sites is 1. The molecule has 0 aliphatic carbocycles. The van der Waals surface area contributed by atoms with Gasteiger partial charge in [0.2, 0.25) is 0 Å². The molecule has 0 spiro atoms. The van der Waals surface area contributed by atoms with E-state index in [-0.39, 0.29) is 11.3 Å². The first-order valence-electron chi connectivity index (χ1n) is 9.67. The van der Waals surface area contributed by atoms with Crippen LogP contribution in [-0.2, 0) is 6.54 Å². The lowest BCUT2D eigenvalue weighted by atomic mass is 10.1. The number of amides is 1. The Labute approximate surface area is 164 Å². The van der Waals surface area contributed by atoms with Crippen LogP contribution in [0.3, 0.4) is 0 Å². The molecule has 0 bridgehead atoms. The quantitative estimate of drug-likeness (QED) is 0.607. The van der Waals surface area contributed by atoms with Crippen molar-refractivity contribution >= 4 is 22.5 Å². The third kappa shape index (κ3) is 3.79. The predicted octanol–water partition coefficient (Wildman–Crippen LogP) is 4.77. The van der Waals surface area contributed by atoms with E-state index in [1.54, 1.807) is 22.8 Å². The number of nitrogens with zero attached hydrogens (tertiary/aromatic N) is 1. The van der Waals surface area contributed by atoms with Gasteiger partial charge in [-0.2, -0.15) is 0 Å². The van der Waals surface area contributed by atoms with Crippen molar-refractivity contribution in [3.63, 3.8) is 0 Å². The van der Waals surface area contributed by atoms with Crippen LogP contribution in [0, 0.1) is 13.8 Å². The fourth-order valence-electron chi connectivity index (χ4n) is 3.39. The van der Waals surface area contributed by atoms with Crippen LogP contribution < -0.4 is 10.9 Å². The highest BCUT2D eigenvalue weighted by Crippen LogP contribution is 2.27. The summed E-state index contributed by atoms with van der Waals surface area (Å²) in [5, 5.41) is 14.0. The SMILES string of the molecule is CCCCCn1c(=O)c(C(=O)Nc2cc(C)ccc2C)c(O)c2ccccc21. The normalized spacial score (nSPS) is 11.0. The van der Waals surface area contributed by atoms with E-state index in [2.05, 4.69) is 12.2 Å². The van der Waals surface area contributed by atoms with Gasteiger partial charge in [-0.3, -0.25) is 9.59 Å². The molecule has 1 amide bonds. The standard InChI is InChI=1S/C23H26N2O3/c1-4-5-8-13-25-19-10-7-6-9-17(19)21(26)20(23(25)28)22(27)24-18-14-15(2)11-12-16(18)3/h6-7,9-12,14,26H,4-5,8,13H2,1-3H3,(H,24,27). The zero-order valence-electron chi connectivity index (χ0n) is 16.6. The maximum Gasteiger partial charge on any atom is 0.267 e. The highest BCUT2D eigenvalue weighted by molar-refractivity contribution is 6.09. The predicted molar refractivity (Wildman–Crippen MR) is 113 cm³/mol. The minimum Gasteiger partial charge on any atom is -0.506 e. The maximum absolute atomic E-state index is 13.1. The zero-order chi connectivity index (χ0) is 20.3. The summed E-state index contributed by atoms with van der Waals surface area (Å²) in [6.45, 7) is 6.43. The number of anilines is 1. The number of carbonyl (C=O) groups excluding carboxylic acids is 1. The van der Waals surface area contributed by atoms with Gasteiger partial charge in [0.05, 0.1) is 5.52 Å². The van der Waals surface area contributed by atoms with Crippen LogP contribution in [-0.4, -0.2) is 15.6 Å². The van der Waals surface area contributed by atoms with E-state index in [1.807, 2.05) is 38.1 Å². The van der Waals surface area contributed by atoms with Gasteiger partial charge in [-0.05, 0) is 49.6 Å². The molecule has 3 rings (SSSR count). The smallest absolute Gasteiger partial charge is 0.267 e. The number of benzene rings is 2.